The van der Waals surface area contributed by atoms with Gasteiger partial charge in [-0.05, 0) is 36.6 Å². The molecule has 14 heavy (non-hydrogen) atoms. The number of halogens is 1. The minimum absolute atomic E-state index is 0.161. The number of hydrogen-bond acceptors (Lipinski definition) is 1. The number of carbonyl (C=O) groups is 1. The summed E-state index contributed by atoms with van der Waals surface area (Å²) < 4.78 is 12.7. The standard InChI is InChI=1S/C12H11FO/c13-11-3-1-2-9(8-11)4-7-12(14)10-5-6-10/h1-4,7-8,10H,5-6H2/b7-4+. The first-order chi connectivity index (χ1) is 6.75. The number of rotatable bonds is 3. The van der Waals surface area contributed by atoms with Gasteiger partial charge in [0.15, 0.2) is 5.78 Å². The van der Waals surface area contributed by atoms with E-state index in [-0.39, 0.29) is 17.5 Å². The molecule has 0 atom stereocenters. The summed E-state index contributed by atoms with van der Waals surface area (Å²) in [4.78, 5) is 11.3. The van der Waals surface area contributed by atoms with Gasteiger partial charge < -0.3 is 0 Å². The van der Waals surface area contributed by atoms with E-state index in [4.69, 9.17) is 0 Å². The summed E-state index contributed by atoms with van der Waals surface area (Å²) in [6, 6.07) is 6.22. The van der Waals surface area contributed by atoms with Crippen LogP contribution in [0.25, 0.3) is 6.08 Å². The number of ketones is 1. The molecule has 1 aliphatic rings. The van der Waals surface area contributed by atoms with E-state index in [2.05, 4.69) is 0 Å². The van der Waals surface area contributed by atoms with E-state index in [0.29, 0.717) is 0 Å². The van der Waals surface area contributed by atoms with Crippen molar-refractivity contribution in [3.8, 4) is 0 Å². The summed E-state index contributed by atoms with van der Waals surface area (Å²) in [5, 5.41) is 0. The molecular weight excluding hydrogens is 179 g/mol. The van der Waals surface area contributed by atoms with Crippen molar-refractivity contribution in [2.24, 2.45) is 5.92 Å². The minimum atomic E-state index is -0.272. The lowest BCUT2D eigenvalue weighted by molar-refractivity contribution is -0.115. The van der Waals surface area contributed by atoms with Crippen LogP contribution in [0.15, 0.2) is 30.3 Å². The summed E-state index contributed by atoms with van der Waals surface area (Å²) in [5.41, 5.74) is 0.735. The minimum Gasteiger partial charge on any atom is -0.295 e. The average molecular weight is 190 g/mol. The molecule has 1 fully saturated rings. The Morgan fingerprint density at radius 2 is 2.21 bits per heavy atom. The molecule has 0 heterocycles. The normalized spacial score (nSPS) is 16.1. The van der Waals surface area contributed by atoms with Crippen molar-refractivity contribution in [1.29, 1.82) is 0 Å². The van der Waals surface area contributed by atoms with E-state index >= 15 is 0 Å². The van der Waals surface area contributed by atoms with Crippen LogP contribution >= 0.6 is 0 Å². The molecule has 1 aliphatic carbocycles. The van der Waals surface area contributed by atoms with Crippen LogP contribution in [-0.4, -0.2) is 5.78 Å². The van der Waals surface area contributed by atoms with Crippen LogP contribution in [0.2, 0.25) is 0 Å². The molecule has 1 aromatic rings. The Morgan fingerprint density at radius 3 is 2.86 bits per heavy atom. The molecule has 72 valence electrons. The zero-order valence-electron chi connectivity index (χ0n) is 7.74. The van der Waals surface area contributed by atoms with E-state index in [1.165, 1.54) is 12.1 Å². The molecule has 0 N–H and O–H groups in total. The summed E-state index contributed by atoms with van der Waals surface area (Å²) in [5.74, 6) is 0.125. The van der Waals surface area contributed by atoms with Gasteiger partial charge in [0.05, 0.1) is 0 Å². The van der Waals surface area contributed by atoms with Crippen LogP contribution in [0.1, 0.15) is 18.4 Å². The molecule has 0 saturated heterocycles. The van der Waals surface area contributed by atoms with E-state index in [1.54, 1.807) is 24.3 Å². The predicted molar refractivity (Wildman–Crippen MR) is 53.2 cm³/mol. The highest BCUT2D eigenvalue weighted by atomic mass is 19.1. The predicted octanol–water partition coefficient (Wildman–Crippen LogP) is 2.82. The van der Waals surface area contributed by atoms with Crippen LogP contribution in [0, 0.1) is 11.7 Å². The molecule has 0 unspecified atom stereocenters. The third-order valence-electron chi connectivity index (χ3n) is 2.27. The van der Waals surface area contributed by atoms with Crippen molar-refractivity contribution in [3.05, 3.63) is 41.7 Å². The Balaban J connectivity index is 2.05. The van der Waals surface area contributed by atoms with E-state index in [0.717, 1.165) is 18.4 Å². The van der Waals surface area contributed by atoms with Crippen molar-refractivity contribution in [3.63, 3.8) is 0 Å². The fourth-order valence-corrected chi connectivity index (χ4v) is 1.29. The molecule has 2 rings (SSSR count). The van der Waals surface area contributed by atoms with Gasteiger partial charge in [-0.3, -0.25) is 4.79 Å². The van der Waals surface area contributed by atoms with Crippen LogP contribution < -0.4 is 0 Å². The van der Waals surface area contributed by atoms with Gasteiger partial charge in [-0.25, -0.2) is 4.39 Å². The first kappa shape index (κ1) is 9.13. The molecule has 0 bridgehead atoms. The van der Waals surface area contributed by atoms with Crippen LogP contribution in [0.4, 0.5) is 4.39 Å². The molecule has 0 radical (unpaired) electrons. The summed E-state index contributed by atoms with van der Waals surface area (Å²) in [6.45, 7) is 0. The second kappa shape index (κ2) is 3.74. The Morgan fingerprint density at radius 1 is 1.43 bits per heavy atom. The molecule has 0 amide bonds. The second-order valence-electron chi connectivity index (χ2n) is 3.56. The summed E-state index contributed by atoms with van der Waals surface area (Å²) in [6.07, 6.45) is 5.23. The lowest BCUT2D eigenvalue weighted by Gasteiger charge is -1.92. The van der Waals surface area contributed by atoms with Gasteiger partial charge in [-0.15, -0.1) is 0 Å². The zero-order valence-corrected chi connectivity index (χ0v) is 7.74. The summed E-state index contributed by atoms with van der Waals surface area (Å²) >= 11 is 0. The van der Waals surface area contributed by atoms with Gasteiger partial charge in [0.2, 0.25) is 0 Å². The Labute approximate surface area is 82.3 Å². The number of hydrogen-bond donors (Lipinski definition) is 0. The molecule has 0 spiro atoms. The van der Waals surface area contributed by atoms with E-state index in [9.17, 15) is 9.18 Å². The maximum atomic E-state index is 12.7. The quantitative estimate of drug-likeness (QED) is 0.670. The maximum absolute atomic E-state index is 12.7. The van der Waals surface area contributed by atoms with Crippen LogP contribution in [-0.2, 0) is 4.79 Å². The average Bonchev–Trinajstić information content (AvgIpc) is 2.97. The molecular formula is C12H11FO. The Hall–Kier alpha value is -1.44. The molecule has 1 nitrogen and oxygen atoms in total. The fraction of sp³-hybridized carbons (Fsp3) is 0.250. The fourth-order valence-electron chi connectivity index (χ4n) is 1.29. The van der Waals surface area contributed by atoms with Crippen molar-refractivity contribution < 1.29 is 9.18 Å². The first-order valence-corrected chi connectivity index (χ1v) is 4.73. The molecule has 0 aliphatic heterocycles. The van der Waals surface area contributed by atoms with Crippen LogP contribution in [0.3, 0.4) is 0 Å². The Kier molecular flexibility index (Phi) is 2.44. The molecule has 1 saturated carbocycles. The van der Waals surface area contributed by atoms with Gasteiger partial charge in [0.1, 0.15) is 5.82 Å². The monoisotopic (exact) mass is 190 g/mol. The van der Waals surface area contributed by atoms with Crippen molar-refractivity contribution in [2.45, 2.75) is 12.8 Å². The third kappa shape index (κ3) is 2.28. The van der Waals surface area contributed by atoms with Crippen molar-refractivity contribution in [1.82, 2.24) is 0 Å². The van der Waals surface area contributed by atoms with Gasteiger partial charge in [-0.1, -0.05) is 18.2 Å². The SMILES string of the molecule is O=C(/C=C/c1cccc(F)c1)C1CC1. The maximum Gasteiger partial charge on any atom is 0.158 e. The molecule has 2 heteroatoms. The highest BCUT2D eigenvalue weighted by Crippen LogP contribution is 2.30. The first-order valence-electron chi connectivity index (χ1n) is 4.73. The summed E-state index contributed by atoms with van der Waals surface area (Å²) in [7, 11) is 0. The second-order valence-corrected chi connectivity index (χ2v) is 3.56. The third-order valence-corrected chi connectivity index (χ3v) is 2.27. The van der Waals surface area contributed by atoms with Crippen molar-refractivity contribution >= 4 is 11.9 Å². The van der Waals surface area contributed by atoms with Gasteiger partial charge >= 0.3 is 0 Å². The lowest BCUT2D eigenvalue weighted by atomic mass is 10.1. The highest BCUT2D eigenvalue weighted by Gasteiger charge is 2.27. The lowest BCUT2D eigenvalue weighted by Crippen LogP contribution is -1.93. The number of allylic oxidation sites excluding steroid dienone is 1. The van der Waals surface area contributed by atoms with E-state index in [1.807, 2.05) is 0 Å². The van der Waals surface area contributed by atoms with Gasteiger partial charge in [0, 0.05) is 5.92 Å². The van der Waals surface area contributed by atoms with Crippen molar-refractivity contribution in [2.75, 3.05) is 0 Å². The van der Waals surface area contributed by atoms with Gasteiger partial charge in [0.25, 0.3) is 0 Å². The van der Waals surface area contributed by atoms with Gasteiger partial charge in [-0.2, -0.15) is 0 Å². The molecule has 1 aromatic carbocycles. The van der Waals surface area contributed by atoms with Crippen LogP contribution in [0.5, 0.6) is 0 Å². The topological polar surface area (TPSA) is 17.1 Å². The largest absolute Gasteiger partial charge is 0.295 e. The smallest absolute Gasteiger partial charge is 0.158 e. The van der Waals surface area contributed by atoms with E-state index < -0.39 is 0 Å². The molecule has 0 aromatic heterocycles. The number of carbonyl (C=O) groups excluding carboxylic acids is 1. The Bertz CT molecular complexity index is 378. The zero-order chi connectivity index (χ0) is 9.97. The highest BCUT2D eigenvalue weighted by molar-refractivity contribution is 5.96. The number of benzene rings is 1.